The minimum Gasteiger partial charge on any atom is -0.470 e. The second kappa shape index (κ2) is 5.95. The summed E-state index contributed by atoms with van der Waals surface area (Å²) >= 11 is 1.69. The summed E-state index contributed by atoms with van der Waals surface area (Å²) in [5.41, 5.74) is 0.844. The Balaban J connectivity index is 1.88. The molecule has 0 aliphatic carbocycles. The molecule has 1 saturated heterocycles. The van der Waals surface area contributed by atoms with Crippen molar-refractivity contribution >= 4 is 33.5 Å². The molecule has 2 aromatic rings. The van der Waals surface area contributed by atoms with Crippen LogP contribution in [0.25, 0.3) is 10.9 Å². The lowest BCUT2D eigenvalue weighted by Crippen LogP contribution is -2.64. The molecule has 5 N–H and O–H groups in total. The maximum Gasteiger partial charge on any atom is 0.192 e. The number of halogens is 1. The molecule has 0 saturated carbocycles. The Bertz CT molecular complexity index is 631. The van der Waals surface area contributed by atoms with Crippen LogP contribution >= 0.6 is 22.6 Å². The van der Waals surface area contributed by atoms with E-state index >= 15 is 0 Å². The van der Waals surface area contributed by atoms with Gasteiger partial charge in [-0.05, 0) is 28.7 Å². The molecule has 1 aliphatic rings. The molecule has 0 radical (unpaired) electrons. The maximum atomic E-state index is 10.3. The van der Waals surface area contributed by atoms with Gasteiger partial charge in [0.1, 0.15) is 12.2 Å². The standard InChI is InChI=1S/C14H16INO6/c15-14(6-17)12(19)11(10(18)13(20)22-14)21-9-5-7-3-1-2-4-8(7)16-9/h1-5,10-13,16-20H,6H2/t10-,11-,12-,13-,14-/m1/s1. The zero-order valence-electron chi connectivity index (χ0n) is 11.4. The van der Waals surface area contributed by atoms with E-state index in [1.165, 1.54) is 0 Å². The molecule has 0 unspecified atom stereocenters. The highest BCUT2D eigenvalue weighted by Gasteiger charge is 2.53. The number of fused-ring (bicyclic) bond motifs is 1. The summed E-state index contributed by atoms with van der Waals surface area (Å²) in [6, 6.07) is 9.23. The van der Waals surface area contributed by atoms with Crippen LogP contribution in [0, 0.1) is 0 Å². The number of hydrogen-bond acceptors (Lipinski definition) is 6. The summed E-state index contributed by atoms with van der Waals surface area (Å²) < 4.78 is 9.25. The molecule has 0 spiro atoms. The number of rotatable bonds is 3. The van der Waals surface area contributed by atoms with E-state index in [4.69, 9.17) is 9.47 Å². The van der Waals surface area contributed by atoms with Crippen molar-refractivity contribution in [2.75, 3.05) is 6.61 Å². The van der Waals surface area contributed by atoms with E-state index in [9.17, 15) is 20.4 Å². The highest BCUT2D eigenvalue weighted by atomic mass is 127. The molecule has 1 fully saturated rings. The van der Waals surface area contributed by atoms with Crippen molar-refractivity contribution in [3.8, 4) is 5.88 Å². The lowest BCUT2D eigenvalue weighted by Gasteiger charge is -2.44. The Morgan fingerprint density at radius 3 is 2.68 bits per heavy atom. The highest BCUT2D eigenvalue weighted by Crippen LogP contribution is 2.36. The van der Waals surface area contributed by atoms with Gasteiger partial charge < -0.3 is 34.9 Å². The van der Waals surface area contributed by atoms with Crippen molar-refractivity contribution in [2.45, 2.75) is 28.2 Å². The number of nitrogens with one attached hydrogen (secondary N) is 1. The van der Waals surface area contributed by atoms with Gasteiger partial charge in [-0.15, -0.1) is 0 Å². The zero-order chi connectivity index (χ0) is 15.9. The molecule has 5 atom stereocenters. The lowest BCUT2D eigenvalue weighted by molar-refractivity contribution is -0.288. The van der Waals surface area contributed by atoms with Gasteiger partial charge in [0, 0.05) is 17.0 Å². The van der Waals surface area contributed by atoms with E-state index in [1.54, 1.807) is 28.7 Å². The lowest BCUT2D eigenvalue weighted by atomic mass is 9.99. The Morgan fingerprint density at radius 2 is 2.00 bits per heavy atom. The number of alkyl halides is 1. The fourth-order valence-electron chi connectivity index (χ4n) is 2.46. The summed E-state index contributed by atoms with van der Waals surface area (Å²) in [4.78, 5) is 3.01. The molecule has 1 aromatic heterocycles. The molecule has 3 rings (SSSR count). The number of aromatic nitrogens is 1. The van der Waals surface area contributed by atoms with Crippen molar-refractivity contribution in [3.05, 3.63) is 30.3 Å². The van der Waals surface area contributed by atoms with E-state index in [1.807, 2.05) is 24.3 Å². The molecule has 22 heavy (non-hydrogen) atoms. The third kappa shape index (κ3) is 2.70. The van der Waals surface area contributed by atoms with Gasteiger partial charge in [-0.3, -0.25) is 0 Å². The smallest absolute Gasteiger partial charge is 0.192 e. The summed E-state index contributed by atoms with van der Waals surface area (Å²) in [5, 5.41) is 40.4. The predicted octanol–water partition coefficient (Wildman–Crippen LogP) is 0.109. The number of aromatic amines is 1. The molecular weight excluding hydrogens is 405 g/mol. The fourth-order valence-corrected chi connectivity index (χ4v) is 3.07. The largest absolute Gasteiger partial charge is 0.470 e. The first-order chi connectivity index (χ1) is 10.4. The van der Waals surface area contributed by atoms with Gasteiger partial charge in [-0.2, -0.15) is 0 Å². The normalized spacial score (nSPS) is 35.7. The molecule has 8 heteroatoms. The van der Waals surface area contributed by atoms with Crippen LogP contribution in [-0.2, 0) is 4.74 Å². The van der Waals surface area contributed by atoms with Crippen molar-refractivity contribution in [3.63, 3.8) is 0 Å². The molecule has 2 heterocycles. The van der Waals surface area contributed by atoms with Crippen molar-refractivity contribution in [1.29, 1.82) is 0 Å². The van der Waals surface area contributed by atoms with E-state index in [0.29, 0.717) is 5.88 Å². The van der Waals surface area contributed by atoms with E-state index < -0.39 is 34.8 Å². The van der Waals surface area contributed by atoms with Gasteiger partial charge in [0.15, 0.2) is 21.9 Å². The zero-order valence-corrected chi connectivity index (χ0v) is 13.5. The molecule has 1 aliphatic heterocycles. The topological polar surface area (TPSA) is 115 Å². The molecule has 7 nitrogen and oxygen atoms in total. The second-order valence-electron chi connectivity index (χ2n) is 5.19. The van der Waals surface area contributed by atoms with Crippen LogP contribution in [0.4, 0.5) is 0 Å². The summed E-state index contributed by atoms with van der Waals surface area (Å²) in [6.45, 7) is -0.537. The first-order valence-electron chi connectivity index (χ1n) is 6.71. The third-order valence-corrected chi connectivity index (χ3v) is 4.92. The summed E-state index contributed by atoms with van der Waals surface area (Å²) in [6.07, 6.45) is -5.50. The Hall–Kier alpha value is -0.910. The Kier molecular flexibility index (Phi) is 4.32. The van der Waals surface area contributed by atoms with Crippen LogP contribution < -0.4 is 4.74 Å². The van der Waals surface area contributed by atoms with E-state index in [0.717, 1.165) is 10.9 Å². The minimum atomic E-state index is -1.57. The number of para-hydroxylation sites is 1. The van der Waals surface area contributed by atoms with Gasteiger partial charge >= 0.3 is 0 Å². The average Bonchev–Trinajstić information content (AvgIpc) is 2.92. The molecule has 120 valence electrons. The predicted molar refractivity (Wildman–Crippen MR) is 85.7 cm³/mol. The summed E-state index contributed by atoms with van der Waals surface area (Å²) in [5.74, 6) is 0.343. The van der Waals surface area contributed by atoms with E-state index in [-0.39, 0.29) is 0 Å². The first-order valence-corrected chi connectivity index (χ1v) is 7.79. The SMILES string of the molecule is OC[C@@]1(I)O[C@@H](O)[C@H](O)[C@@H](Oc2cc3ccccc3[nH]2)[C@H]1O. The van der Waals surface area contributed by atoms with E-state index in [2.05, 4.69) is 4.98 Å². The van der Waals surface area contributed by atoms with Crippen LogP contribution in [0.3, 0.4) is 0 Å². The number of ether oxygens (including phenoxy) is 2. The third-order valence-electron chi connectivity index (χ3n) is 3.68. The minimum absolute atomic E-state index is 0.343. The van der Waals surface area contributed by atoms with Crippen LogP contribution in [0.15, 0.2) is 30.3 Å². The summed E-state index contributed by atoms with van der Waals surface area (Å²) in [7, 11) is 0. The van der Waals surface area contributed by atoms with Crippen molar-refractivity contribution in [2.24, 2.45) is 0 Å². The number of aliphatic hydroxyl groups is 4. The van der Waals surface area contributed by atoms with Gasteiger partial charge in [-0.25, -0.2) is 0 Å². The monoisotopic (exact) mass is 421 g/mol. The highest BCUT2D eigenvalue weighted by molar-refractivity contribution is 14.1. The Morgan fingerprint density at radius 1 is 1.27 bits per heavy atom. The van der Waals surface area contributed by atoms with Crippen LogP contribution in [-0.4, -0.2) is 60.2 Å². The average molecular weight is 421 g/mol. The van der Waals surface area contributed by atoms with Gasteiger partial charge in [0.2, 0.25) is 0 Å². The number of aliphatic hydroxyl groups excluding tert-OH is 4. The van der Waals surface area contributed by atoms with Crippen molar-refractivity contribution in [1.82, 2.24) is 4.98 Å². The Labute approximate surface area is 139 Å². The number of hydrogen-bond donors (Lipinski definition) is 5. The quantitative estimate of drug-likeness (QED) is 0.355. The first kappa shape index (κ1) is 16.0. The van der Waals surface area contributed by atoms with Crippen molar-refractivity contribution < 1.29 is 29.9 Å². The number of H-pyrrole nitrogens is 1. The van der Waals surface area contributed by atoms with Crippen LogP contribution in [0.5, 0.6) is 5.88 Å². The molecule has 0 amide bonds. The van der Waals surface area contributed by atoms with Crippen LogP contribution in [0.1, 0.15) is 0 Å². The molecule has 1 aromatic carbocycles. The van der Waals surface area contributed by atoms with Gasteiger partial charge in [-0.1, -0.05) is 18.2 Å². The second-order valence-corrected chi connectivity index (χ2v) is 7.02. The van der Waals surface area contributed by atoms with Gasteiger partial charge in [0.05, 0.1) is 6.61 Å². The van der Waals surface area contributed by atoms with Gasteiger partial charge in [0.25, 0.3) is 0 Å². The molecular formula is C14H16INO6. The maximum absolute atomic E-state index is 10.3. The molecule has 0 bridgehead atoms. The number of benzene rings is 1. The van der Waals surface area contributed by atoms with Crippen LogP contribution in [0.2, 0.25) is 0 Å². The fraction of sp³-hybridized carbons (Fsp3) is 0.429.